The molecule has 1 atom stereocenters. The Labute approximate surface area is 102 Å². The number of hydrogen-bond acceptors (Lipinski definition) is 4. The monoisotopic (exact) mass is 239 g/mol. The molecule has 0 spiro atoms. The first-order valence-electron chi connectivity index (χ1n) is 5.75. The molecule has 0 aliphatic carbocycles. The number of carbonyl (C=O) groups is 1. The van der Waals surface area contributed by atoms with Crippen LogP contribution >= 0.6 is 0 Å². The number of aryl methyl sites for hydroxylation is 1. The second-order valence-corrected chi connectivity index (χ2v) is 4.36. The third-order valence-corrected chi connectivity index (χ3v) is 2.89. The van der Waals surface area contributed by atoms with Crippen molar-refractivity contribution < 1.29 is 4.79 Å². The molecule has 0 fully saturated rings. The van der Waals surface area contributed by atoms with Gasteiger partial charge in [0, 0.05) is 20.6 Å². The Kier molecular flexibility index (Phi) is 4.62. The fraction of sp³-hybridized carbons (Fsp3) is 0.727. The molecule has 0 saturated carbocycles. The van der Waals surface area contributed by atoms with Gasteiger partial charge in [0.1, 0.15) is 12.2 Å². The predicted octanol–water partition coefficient (Wildman–Crippen LogP) is 0.207. The first-order valence-corrected chi connectivity index (χ1v) is 5.75. The van der Waals surface area contributed by atoms with Crippen molar-refractivity contribution in [2.75, 3.05) is 21.1 Å². The maximum absolute atomic E-state index is 11.8. The molecule has 1 aromatic rings. The van der Waals surface area contributed by atoms with Crippen LogP contribution in [0.25, 0.3) is 0 Å². The molecule has 0 aliphatic heterocycles. The van der Waals surface area contributed by atoms with Crippen LogP contribution in [0.5, 0.6) is 0 Å². The largest absolute Gasteiger partial charge is 0.347 e. The number of hydrogen-bond donors (Lipinski definition) is 0. The van der Waals surface area contributed by atoms with Crippen LogP contribution in [-0.4, -0.2) is 57.7 Å². The van der Waals surface area contributed by atoms with Crippen molar-refractivity contribution in [1.82, 2.24) is 24.6 Å². The van der Waals surface area contributed by atoms with Crippen molar-refractivity contribution in [3.63, 3.8) is 0 Å². The maximum Gasteiger partial charge on any atom is 0.239 e. The smallest absolute Gasteiger partial charge is 0.239 e. The van der Waals surface area contributed by atoms with Gasteiger partial charge >= 0.3 is 0 Å². The molecule has 0 N–H and O–H groups in total. The molecule has 17 heavy (non-hydrogen) atoms. The van der Waals surface area contributed by atoms with Gasteiger partial charge < -0.3 is 9.47 Å². The average molecular weight is 239 g/mol. The van der Waals surface area contributed by atoms with Gasteiger partial charge in [-0.2, -0.15) is 0 Å². The van der Waals surface area contributed by atoms with E-state index in [4.69, 9.17) is 0 Å². The van der Waals surface area contributed by atoms with E-state index in [2.05, 4.69) is 10.2 Å². The Morgan fingerprint density at radius 3 is 2.65 bits per heavy atom. The van der Waals surface area contributed by atoms with Gasteiger partial charge in [-0.05, 0) is 20.9 Å². The van der Waals surface area contributed by atoms with Gasteiger partial charge in [0.25, 0.3) is 0 Å². The highest BCUT2D eigenvalue weighted by atomic mass is 16.2. The second-order valence-electron chi connectivity index (χ2n) is 4.36. The normalized spacial score (nSPS) is 12.8. The molecule has 1 amide bonds. The van der Waals surface area contributed by atoms with Crippen LogP contribution in [0.1, 0.15) is 19.7 Å². The zero-order valence-corrected chi connectivity index (χ0v) is 11.2. The molecule has 0 unspecified atom stereocenters. The third-order valence-electron chi connectivity index (χ3n) is 2.89. The van der Waals surface area contributed by atoms with Crippen LogP contribution in [0.4, 0.5) is 0 Å². The second kappa shape index (κ2) is 5.77. The standard InChI is InChI=1S/C11H21N5O/c1-6-16-8-12-13-10(16)7-15(5)9(2)11(17)14(3)4/h8-9H,6-7H2,1-5H3/t9-/m1/s1. The Balaban J connectivity index is 2.66. The lowest BCUT2D eigenvalue weighted by Gasteiger charge is -2.25. The molecule has 96 valence electrons. The summed E-state index contributed by atoms with van der Waals surface area (Å²) in [5.41, 5.74) is 0. The van der Waals surface area contributed by atoms with Crippen molar-refractivity contribution in [2.24, 2.45) is 0 Å². The third kappa shape index (κ3) is 3.26. The first-order chi connectivity index (χ1) is 7.97. The molecule has 1 heterocycles. The van der Waals surface area contributed by atoms with E-state index in [1.54, 1.807) is 25.3 Å². The van der Waals surface area contributed by atoms with Crippen molar-refractivity contribution in [2.45, 2.75) is 33.0 Å². The SMILES string of the molecule is CCn1cnnc1CN(C)[C@H](C)C(=O)N(C)C. The Morgan fingerprint density at radius 1 is 1.47 bits per heavy atom. The molecule has 1 rings (SSSR count). The number of aromatic nitrogens is 3. The van der Waals surface area contributed by atoms with E-state index >= 15 is 0 Å². The summed E-state index contributed by atoms with van der Waals surface area (Å²) in [5, 5.41) is 7.94. The summed E-state index contributed by atoms with van der Waals surface area (Å²) < 4.78 is 1.98. The minimum atomic E-state index is -0.160. The Bertz CT molecular complexity index is 374. The molecule has 0 bridgehead atoms. The molecule has 0 aromatic carbocycles. The number of rotatable bonds is 5. The van der Waals surface area contributed by atoms with Crippen LogP contribution in [0.2, 0.25) is 0 Å². The van der Waals surface area contributed by atoms with E-state index in [0.29, 0.717) is 6.54 Å². The zero-order valence-electron chi connectivity index (χ0n) is 11.2. The van der Waals surface area contributed by atoms with Gasteiger partial charge in [0.15, 0.2) is 0 Å². The van der Waals surface area contributed by atoms with E-state index in [9.17, 15) is 4.79 Å². The van der Waals surface area contributed by atoms with Crippen LogP contribution in [0.3, 0.4) is 0 Å². The molecule has 0 saturated heterocycles. The molecule has 6 heteroatoms. The fourth-order valence-electron chi connectivity index (χ4n) is 1.59. The van der Waals surface area contributed by atoms with Gasteiger partial charge in [0.2, 0.25) is 5.91 Å². The number of nitrogens with zero attached hydrogens (tertiary/aromatic N) is 5. The Hall–Kier alpha value is -1.43. The lowest BCUT2D eigenvalue weighted by Crippen LogP contribution is -2.42. The lowest BCUT2D eigenvalue weighted by atomic mass is 10.2. The zero-order chi connectivity index (χ0) is 13.0. The number of amides is 1. The Morgan fingerprint density at radius 2 is 2.12 bits per heavy atom. The van der Waals surface area contributed by atoms with Crippen molar-refractivity contribution >= 4 is 5.91 Å². The fourth-order valence-corrected chi connectivity index (χ4v) is 1.59. The van der Waals surface area contributed by atoms with Gasteiger partial charge in [-0.15, -0.1) is 10.2 Å². The summed E-state index contributed by atoms with van der Waals surface area (Å²) in [6.07, 6.45) is 1.71. The van der Waals surface area contributed by atoms with Gasteiger partial charge in [0.05, 0.1) is 12.6 Å². The summed E-state index contributed by atoms with van der Waals surface area (Å²) >= 11 is 0. The summed E-state index contributed by atoms with van der Waals surface area (Å²) in [6.45, 7) is 5.40. The van der Waals surface area contributed by atoms with Crippen molar-refractivity contribution in [3.05, 3.63) is 12.2 Å². The maximum atomic E-state index is 11.8. The topological polar surface area (TPSA) is 54.3 Å². The molecule has 6 nitrogen and oxygen atoms in total. The van der Waals surface area contributed by atoms with E-state index in [1.807, 2.05) is 30.4 Å². The molecule has 0 aliphatic rings. The van der Waals surface area contributed by atoms with E-state index in [1.165, 1.54) is 0 Å². The average Bonchev–Trinajstić information content (AvgIpc) is 2.73. The highest BCUT2D eigenvalue weighted by Crippen LogP contribution is 2.05. The molecule has 0 radical (unpaired) electrons. The summed E-state index contributed by atoms with van der Waals surface area (Å²) in [7, 11) is 5.45. The van der Waals surface area contributed by atoms with Crippen molar-refractivity contribution in [1.29, 1.82) is 0 Å². The molecule has 1 aromatic heterocycles. The summed E-state index contributed by atoms with van der Waals surface area (Å²) in [6, 6.07) is -0.160. The number of likely N-dealkylation sites (N-methyl/N-ethyl adjacent to an activating group) is 2. The van der Waals surface area contributed by atoms with Crippen molar-refractivity contribution in [3.8, 4) is 0 Å². The number of carbonyl (C=O) groups excluding carboxylic acids is 1. The highest BCUT2D eigenvalue weighted by Gasteiger charge is 2.20. The summed E-state index contributed by atoms with van der Waals surface area (Å²) in [4.78, 5) is 15.4. The van der Waals surface area contributed by atoms with Gasteiger partial charge in [-0.1, -0.05) is 0 Å². The minimum absolute atomic E-state index is 0.0927. The van der Waals surface area contributed by atoms with Gasteiger partial charge in [-0.3, -0.25) is 9.69 Å². The molecular formula is C11H21N5O. The minimum Gasteiger partial charge on any atom is -0.347 e. The lowest BCUT2D eigenvalue weighted by molar-refractivity contribution is -0.133. The van der Waals surface area contributed by atoms with Crippen LogP contribution in [0.15, 0.2) is 6.33 Å². The van der Waals surface area contributed by atoms with E-state index in [0.717, 1.165) is 12.4 Å². The van der Waals surface area contributed by atoms with Gasteiger partial charge in [-0.25, -0.2) is 0 Å². The highest BCUT2D eigenvalue weighted by molar-refractivity contribution is 5.80. The quantitative estimate of drug-likeness (QED) is 0.737. The first kappa shape index (κ1) is 13.6. The van der Waals surface area contributed by atoms with E-state index < -0.39 is 0 Å². The predicted molar refractivity (Wildman–Crippen MR) is 65.3 cm³/mol. The molecular weight excluding hydrogens is 218 g/mol. The van der Waals surface area contributed by atoms with Crippen LogP contribution in [0, 0.1) is 0 Å². The summed E-state index contributed by atoms with van der Waals surface area (Å²) in [5.74, 6) is 0.975. The van der Waals surface area contributed by atoms with E-state index in [-0.39, 0.29) is 11.9 Å². The van der Waals surface area contributed by atoms with Crippen LogP contribution in [-0.2, 0) is 17.9 Å². The van der Waals surface area contributed by atoms with Crippen LogP contribution < -0.4 is 0 Å².